The van der Waals surface area contributed by atoms with Crippen LogP contribution in [0.1, 0.15) is 69.5 Å². The Kier molecular flexibility index (Phi) is 7.29. The molecule has 0 saturated heterocycles. The standard InChI is InChI=1S/C20H30N2O2/c1-3-9-19-18-11-7-6-10-17(18)13-15-22(19)20(24)12-5-4-8-14-21-16(2)23/h6-7,10-11,19H,3-5,8-9,12-15H2,1-2H3,(H,21,23). The first kappa shape index (κ1) is 18.5. The first-order valence-corrected chi connectivity index (χ1v) is 9.25. The van der Waals surface area contributed by atoms with Crippen LogP contribution in [0.2, 0.25) is 0 Å². The quantitative estimate of drug-likeness (QED) is 0.740. The van der Waals surface area contributed by atoms with Crippen LogP contribution in [0.25, 0.3) is 0 Å². The zero-order valence-electron chi connectivity index (χ0n) is 15.0. The highest BCUT2D eigenvalue weighted by Crippen LogP contribution is 2.33. The number of hydrogen-bond acceptors (Lipinski definition) is 2. The van der Waals surface area contributed by atoms with E-state index in [0.29, 0.717) is 13.0 Å². The van der Waals surface area contributed by atoms with E-state index in [0.717, 1.165) is 45.1 Å². The van der Waals surface area contributed by atoms with Gasteiger partial charge >= 0.3 is 0 Å². The van der Waals surface area contributed by atoms with Gasteiger partial charge in [-0.15, -0.1) is 0 Å². The Labute approximate surface area is 145 Å². The minimum absolute atomic E-state index is 0.0143. The van der Waals surface area contributed by atoms with E-state index >= 15 is 0 Å². The predicted molar refractivity (Wildman–Crippen MR) is 96.7 cm³/mol. The maximum absolute atomic E-state index is 12.7. The molecule has 24 heavy (non-hydrogen) atoms. The summed E-state index contributed by atoms with van der Waals surface area (Å²) in [6.45, 7) is 5.26. The van der Waals surface area contributed by atoms with E-state index in [1.165, 1.54) is 18.1 Å². The smallest absolute Gasteiger partial charge is 0.223 e. The molecule has 0 aromatic heterocycles. The van der Waals surface area contributed by atoms with E-state index in [1.54, 1.807) is 0 Å². The molecule has 1 aromatic rings. The topological polar surface area (TPSA) is 49.4 Å². The lowest BCUT2D eigenvalue weighted by Gasteiger charge is -2.37. The average Bonchev–Trinajstić information content (AvgIpc) is 2.58. The maximum atomic E-state index is 12.7. The molecule has 4 nitrogen and oxygen atoms in total. The van der Waals surface area contributed by atoms with Crippen molar-refractivity contribution in [3.05, 3.63) is 35.4 Å². The Bertz CT molecular complexity index is 556. The number of carbonyl (C=O) groups is 2. The number of hydrogen-bond donors (Lipinski definition) is 1. The number of fused-ring (bicyclic) bond motifs is 1. The lowest BCUT2D eigenvalue weighted by molar-refractivity contribution is -0.134. The highest BCUT2D eigenvalue weighted by Gasteiger charge is 2.29. The third-order valence-electron chi connectivity index (χ3n) is 4.74. The average molecular weight is 330 g/mol. The highest BCUT2D eigenvalue weighted by atomic mass is 16.2. The Morgan fingerprint density at radius 3 is 2.75 bits per heavy atom. The van der Waals surface area contributed by atoms with Gasteiger partial charge in [0.25, 0.3) is 0 Å². The molecule has 0 saturated carbocycles. The van der Waals surface area contributed by atoms with Crippen LogP contribution in [0.4, 0.5) is 0 Å². The van der Waals surface area contributed by atoms with Crippen molar-refractivity contribution in [1.82, 2.24) is 10.2 Å². The molecule has 1 aliphatic rings. The van der Waals surface area contributed by atoms with Crippen LogP contribution in [-0.2, 0) is 16.0 Å². The number of nitrogens with zero attached hydrogens (tertiary/aromatic N) is 1. The van der Waals surface area contributed by atoms with E-state index in [2.05, 4.69) is 41.4 Å². The van der Waals surface area contributed by atoms with Crippen LogP contribution in [0.5, 0.6) is 0 Å². The Morgan fingerprint density at radius 1 is 1.21 bits per heavy atom. The van der Waals surface area contributed by atoms with Crippen molar-refractivity contribution in [2.45, 2.75) is 64.8 Å². The lowest BCUT2D eigenvalue weighted by Crippen LogP contribution is -2.40. The van der Waals surface area contributed by atoms with Gasteiger partial charge in [-0.2, -0.15) is 0 Å². The van der Waals surface area contributed by atoms with Crippen LogP contribution >= 0.6 is 0 Å². The summed E-state index contributed by atoms with van der Waals surface area (Å²) in [6, 6.07) is 8.79. The van der Waals surface area contributed by atoms with Gasteiger partial charge in [0, 0.05) is 26.4 Å². The van der Waals surface area contributed by atoms with Gasteiger partial charge in [-0.1, -0.05) is 44.0 Å². The van der Waals surface area contributed by atoms with Gasteiger partial charge in [-0.25, -0.2) is 0 Å². The number of unbranched alkanes of at least 4 members (excludes halogenated alkanes) is 2. The molecule has 132 valence electrons. The number of amides is 2. The molecule has 2 rings (SSSR count). The second-order valence-corrected chi connectivity index (χ2v) is 6.63. The number of benzene rings is 1. The molecule has 4 heteroatoms. The second kappa shape index (κ2) is 9.45. The van der Waals surface area contributed by atoms with Crippen molar-refractivity contribution < 1.29 is 9.59 Å². The number of nitrogens with one attached hydrogen (secondary N) is 1. The van der Waals surface area contributed by atoms with Crippen molar-refractivity contribution in [2.24, 2.45) is 0 Å². The molecule has 1 atom stereocenters. The first-order valence-electron chi connectivity index (χ1n) is 9.25. The Balaban J connectivity index is 1.86. The van der Waals surface area contributed by atoms with Crippen LogP contribution in [0.15, 0.2) is 24.3 Å². The largest absolute Gasteiger partial charge is 0.356 e. The fourth-order valence-corrected chi connectivity index (χ4v) is 3.52. The molecule has 2 amide bonds. The minimum atomic E-state index is 0.0143. The molecule has 1 unspecified atom stereocenters. The fraction of sp³-hybridized carbons (Fsp3) is 0.600. The zero-order chi connectivity index (χ0) is 17.4. The minimum Gasteiger partial charge on any atom is -0.356 e. The monoisotopic (exact) mass is 330 g/mol. The van der Waals surface area contributed by atoms with E-state index in [4.69, 9.17) is 0 Å². The van der Waals surface area contributed by atoms with Gasteiger partial charge in [-0.05, 0) is 36.8 Å². The molecule has 0 aliphatic carbocycles. The predicted octanol–water partition coefficient (Wildman–Crippen LogP) is 3.61. The molecule has 0 bridgehead atoms. The molecule has 0 spiro atoms. The van der Waals surface area contributed by atoms with Crippen LogP contribution in [0, 0.1) is 0 Å². The molecule has 1 N–H and O–H groups in total. The zero-order valence-corrected chi connectivity index (χ0v) is 15.0. The van der Waals surface area contributed by atoms with Crippen molar-refractivity contribution >= 4 is 11.8 Å². The fourth-order valence-electron chi connectivity index (χ4n) is 3.52. The Morgan fingerprint density at radius 2 is 2.00 bits per heavy atom. The third kappa shape index (κ3) is 5.08. The van der Waals surface area contributed by atoms with Gasteiger partial charge < -0.3 is 10.2 Å². The Hall–Kier alpha value is -1.84. The van der Waals surface area contributed by atoms with Crippen LogP contribution in [0.3, 0.4) is 0 Å². The number of rotatable bonds is 8. The second-order valence-electron chi connectivity index (χ2n) is 6.63. The van der Waals surface area contributed by atoms with Gasteiger partial charge in [0.15, 0.2) is 0 Å². The summed E-state index contributed by atoms with van der Waals surface area (Å²) in [7, 11) is 0. The summed E-state index contributed by atoms with van der Waals surface area (Å²) in [4.78, 5) is 25.6. The van der Waals surface area contributed by atoms with Crippen LogP contribution < -0.4 is 5.32 Å². The normalized spacial score (nSPS) is 16.6. The first-order chi connectivity index (χ1) is 11.6. The summed E-state index contributed by atoms with van der Waals surface area (Å²) in [6.07, 6.45) is 6.51. The summed E-state index contributed by atoms with van der Waals surface area (Å²) < 4.78 is 0. The van der Waals surface area contributed by atoms with Crippen molar-refractivity contribution in [2.75, 3.05) is 13.1 Å². The molecular formula is C20H30N2O2. The number of carbonyl (C=O) groups excluding carboxylic acids is 2. The SMILES string of the molecule is CCCC1c2ccccc2CCN1C(=O)CCCCCNC(C)=O. The maximum Gasteiger partial charge on any atom is 0.223 e. The van der Waals surface area contributed by atoms with Crippen molar-refractivity contribution in [1.29, 1.82) is 0 Å². The van der Waals surface area contributed by atoms with Gasteiger partial charge in [0.05, 0.1) is 6.04 Å². The van der Waals surface area contributed by atoms with Gasteiger partial charge in [-0.3, -0.25) is 9.59 Å². The lowest BCUT2D eigenvalue weighted by atomic mass is 9.89. The van der Waals surface area contributed by atoms with E-state index < -0.39 is 0 Å². The summed E-state index contributed by atoms with van der Waals surface area (Å²) in [5.41, 5.74) is 2.74. The van der Waals surface area contributed by atoms with E-state index in [-0.39, 0.29) is 17.9 Å². The molecule has 0 fully saturated rings. The van der Waals surface area contributed by atoms with E-state index in [9.17, 15) is 9.59 Å². The van der Waals surface area contributed by atoms with Crippen molar-refractivity contribution in [3.8, 4) is 0 Å². The van der Waals surface area contributed by atoms with Gasteiger partial charge in [0.1, 0.15) is 0 Å². The molecule has 1 aromatic carbocycles. The molecule has 1 aliphatic heterocycles. The molecule has 0 radical (unpaired) electrons. The summed E-state index contributed by atoms with van der Waals surface area (Å²) in [5, 5.41) is 2.80. The molecule has 1 heterocycles. The molecular weight excluding hydrogens is 300 g/mol. The third-order valence-corrected chi connectivity index (χ3v) is 4.74. The van der Waals surface area contributed by atoms with E-state index in [1.807, 2.05) is 0 Å². The highest BCUT2D eigenvalue weighted by molar-refractivity contribution is 5.77. The van der Waals surface area contributed by atoms with Gasteiger partial charge in [0.2, 0.25) is 11.8 Å². The summed E-state index contributed by atoms with van der Waals surface area (Å²) >= 11 is 0. The summed E-state index contributed by atoms with van der Waals surface area (Å²) in [5.74, 6) is 0.294. The van der Waals surface area contributed by atoms with Crippen molar-refractivity contribution in [3.63, 3.8) is 0 Å². The van der Waals surface area contributed by atoms with Crippen LogP contribution in [-0.4, -0.2) is 29.8 Å².